The van der Waals surface area contributed by atoms with E-state index in [-0.39, 0.29) is 17.9 Å². The molecule has 1 amide bonds. The number of carbonyl (C=O) groups is 1. The summed E-state index contributed by atoms with van der Waals surface area (Å²) in [6.45, 7) is 4.11. The van der Waals surface area contributed by atoms with E-state index >= 15 is 0 Å². The minimum absolute atomic E-state index is 0.00642. The summed E-state index contributed by atoms with van der Waals surface area (Å²) in [5.41, 5.74) is 1.23. The second kappa shape index (κ2) is 4.93. The van der Waals surface area contributed by atoms with Gasteiger partial charge in [0.2, 0.25) is 5.91 Å². The number of nitrogens with one attached hydrogen (secondary N) is 2. The Balaban J connectivity index is 1.58. The van der Waals surface area contributed by atoms with Crippen LogP contribution in [-0.2, 0) is 4.79 Å². The van der Waals surface area contributed by atoms with Crippen LogP contribution >= 0.6 is 0 Å². The van der Waals surface area contributed by atoms with Crippen molar-refractivity contribution in [2.45, 2.75) is 32.2 Å². The third kappa shape index (κ3) is 2.50. The fourth-order valence-corrected chi connectivity index (χ4v) is 3.22. The average Bonchev–Trinajstić information content (AvgIpc) is 3.14. The van der Waals surface area contributed by atoms with Crippen LogP contribution < -0.4 is 10.6 Å². The molecule has 1 aromatic rings. The number of amides is 1. The van der Waals surface area contributed by atoms with Crippen molar-refractivity contribution in [2.24, 2.45) is 11.3 Å². The minimum Gasteiger partial charge on any atom is -0.348 e. The summed E-state index contributed by atoms with van der Waals surface area (Å²) in [6.07, 6.45) is 5.12. The zero-order valence-corrected chi connectivity index (χ0v) is 11.4. The maximum absolute atomic E-state index is 12.3. The number of nitrogens with zero attached hydrogens (tertiary/aromatic N) is 1. The van der Waals surface area contributed by atoms with Gasteiger partial charge in [0.15, 0.2) is 0 Å². The number of pyridine rings is 1. The van der Waals surface area contributed by atoms with Gasteiger partial charge in [0, 0.05) is 12.1 Å². The first-order valence-corrected chi connectivity index (χ1v) is 7.13. The van der Waals surface area contributed by atoms with Gasteiger partial charge in [-0.25, -0.2) is 0 Å². The first-order valence-electron chi connectivity index (χ1n) is 7.13. The van der Waals surface area contributed by atoms with Crippen molar-refractivity contribution in [3.8, 4) is 0 Å². The van der Waals surface area contributed by atoms with Crippen LogP contribution in [-0.4, -0.2) is 24.0 Å². The third-order valence-electron chi connectivity index (χ3n) is 4.60. The summed E-state index contributed by atoms with van der Waals surface area (Å²) < 4.78 is 0. The molecule has 2 atom stereocenters. The molecule has 4 nitrogen and oxygen atoms in total. The predicted octanol–water partition coefficient (Wildman–Crippen LogP) is 1.65. The molecule has 1 aliphatic heterocycles. The molecule has 1 spiro atoms. The van der Waals surface area contributed by atoms with Gasteiger partial charge in [-0.2, -0.15) is 0 Å². The number of carbonyl (C=O) groups excluding carboxylic acids is 1. The highest BCUT2D eigenvalue weighted by Gasteiger charge is 2.57. The number of hydrogen-bond donors (Lipinski definition) is 2. The standard InChI is InChI=1S/C15H21N3O/c1-11(13-4-2-3-7-17-13)18-14(19)12-10-15(12)5-8-16-9-6-15/h2-4,7,11-12,16H,5-6,8-10H2,1H3,(H,18,19)/t11-,12?/m1/s1. The second-order valence-corrected chi connectivity index (χ2v) is 5.85. The van der Waals surface area contributed by atoms with E-state index in [0.29, 0.717) is 5.41 Å². The molecule has 2 fully saturated rings. The summed E-state index contributed by atoms with van der Waals surface area (Å²) in [4.78, 5) is 16.6. The molecule has 2 N–H and O–H groups in total. The normalized spacial score (nSPS) is 25.8. The first kappa shape index (κ1) is 12.6. The summed E-state index contributed by atoms with van der Waals surface area (Å²) in [5.74, 6) is 0.431. The van der Waals surface area contributed by atoms with E-state index in [9.17, 15) is 4.79 Å². The smallest absolute Gasteiger partial charge is 0.224 e. The third-order valence-corrected chi connectivity index (χ3v) is 4.60. The number of hydrogen-bond acceptors (Lipinski definition) is 3. The highest BCUT2D eigenvalue weighted by Crippen LogP contribution is 2.58. The Morgan fingerprint density at radius 2 is 2.26 bits per heavy atom. The molecular formula is C15H21N3O. The van der Waals surface area contributed by atoms with E-state index in [2.05, 4.69) is 15.6 Å². The van der Waals surface area contributed by atoms with Crippen molar-refractivity contribution in [1.29, 1.82) is 0 Å². The van der Waals surface area contributed by atoms with Crippen molar-refractivity contribution in [3.05, 3.63) is 30.1 Å². The lowest BCUT2D eigenvalue weighted by Gasteiger charge is -2.23. The minimum atomic E-state index is -0.00642. The average molecular weight is 259 g/mol. The molecule has 2 aliphatic rings. The zero-order valence-electron chi connectivity index (χ0n) is 11.4. The van der Waals surface area contributed by atoms with Gasteiger partial charge in [0.05, 0.1) is 11.7 Å². The largest absolute Gasteiger partial charge is 0.348 e. The lowest BCUT2D eigenvalue weighted by molar-refractivity contribution is -0.124. The van der Waals surface area contributed by atoms with E-state index in [1.54, 1.807) is 6.20 Å². The summed E-state index contributed by atoms with van der Waals surface area (Å²) in [6, 6.07) is 5.80. The second-order valence-electron chi connectivity index (χ2n) is 5.85. The molecule has 3 rings (SSSR count). The van der Waals surface area contributed by atoms with Crippen molar-refractivity contribution in [1.82, 2.24) is 15.6 Å². The molecule has 0 bridgehead atoms. The monoisotopic (exact) mass is 259 g/mol. The molecule has 0 aromatic carbocycles. The van der Waals surface area contributed by atoms with Gasteiger partial charge in [0.1, 0.15) is 0 Å². The lowest BCUT2D eigenvalue weighted by Crippen LogP contribution is -2.34. The maximum Gasteiger partial charge on any atom is 0.224 e. The Morgan fingerprint density at radius 3 is 2.95 bits per heavy atom. The number of aromatic nitrogens is 1. The SMILES string of the molecule is C[C@@H](NC(=O)C1CC12CCNCC2)c1ccccn1. The van der Waals surface area contributed by atoms with Gasteiger partial charge in [0.25, 0.3) is 0 Å². The van der Waals surface area contributed by atoms with Crippen LogP contribution in [0, 0.1) is 11.3 Å². The predicted molar refractivity (Wildman–Crippen MR) is 73.4 cm³/mol. The first-order chi connectivity index (χ1) is 9.21. The van der Waals surface area contributed by atoms with Crippen LogP contribution in [0.3, 0.4) is 0 Å². The van der Waals surface area contributed by atoms with E-state index in [1.165, 1.54) is 0 Å². The Labute approximate surface area is 114 Å². The van der Waals surface area contributed by atoms with Gasteiger partial charge in [-0.1, -0.05) is 6.07 Å². The highest BCUT2D eigenvalue weighted by molar-refractivity contribution is 5.83. The maximum atomic E-state index is 12.3. The van der Waals surface area contributed by atoms with E-state index < -0.39 is 0 Å². The fraction of sp³-hybridized carbons (Fsp3) is 0.600. The molecule has 1 aromatic heterocycles. The van der Waals surface area contributed by atoms with E-state index in [4.69, 9.17) is 0 Å². The molecule has 1 saturated carbocycles. The number of piperidine rings is 1. The molecule has 0 radical (unpaired) electrons. The Hall–Kier alpha value is -1.42. The van der Waals surface area contributed by atoms with Crippen molar-refractivity contribution in [3.63, 3.8) is 0 Å². The van der Waals surface area contributed by atoms with Crippen LogP contribution in [0.2, 0.25) is 0 Å². The summed E-state index contributed by atoms with van der Waals surface area (Å²) in [7, 11) is 0. The molecule has 102 valence electrons. The highest BCUT2D eigenvalue weighted by atomic mass is 16.2. The molecular weight excluding hydrogens is 238 g/mol. The van der Waals surface area contributed by atoms with Gasteiger partial charge in [-0.15, -0.1) is 0 Å². The van der Waals surface area contributed by atoms with Gasteiger partial charge in [-0.05, 0) is 56.8 Å². The summed E-state index contributed by atoms with van der Waals surface area (Å²) >= 11 is 0. The van der Waals surface area contributed by atoms with E-state index in [0.717, 1.165) is 38.0 Å². The Kier molecular flexibility index (Phi) is 3.27. The zero-order chi connectivity index (χ0) is 13.3. The van der Waals surface area contributed by atoms with Crippen LogP contribution in [0.1, 0.15) is 37.9 Å². The molecule has 19 heavy (non-hydrogen) atoms. The topological polar surface area (TPSA) is 54.0 Å². The van der Waals surface area contributed by atoms with Gasteiger partial charge >= 0.3 is 0 Å². The number of rotatable bonds is 3. The Bertz CT molecular complexity index is 454. The van der Waals surface area contributed by atoms with Gasteiger partial charge in [-0.3, -0.25) is 9.78 Å². The van der Waals surface area contributed by atoms with Crippen molar-refractivity contribution in [2.75, 3.05) is 13.1 Å². The summed E-state index contributed by atoms with van der Waals surface area (Å²) in [5, 5.41) is 6.47. The van der Waals surface area contributed by atoms with Gasteiger partial charge < -0.3 is 10.6 Å². The van der Waals surface area contributed by atoms with Crippen molar-refractivity contribution < 1.29 is 4.79 Å². The van der Waals surface area contributed by atoms with Crippen LogP contribution in [0.15, 0.2) is 24.4 Å². The quantitative estimate of drug-likeness (QED) is 0.868. The van der Waals surface area contributed by atoms with Crippen LogP contribution in [0.25, 0.3) is 0 Å². The van der Waals surface area contributed by atoms with Crippen molar-refractivity contribution >= 4 is 5.91 Å². The molecule has 1 saturated heterocycles. The fourth-order valence-electron chi connectivity index (χ4n) is 3.22. The molecule has 4 heteroatoms. The van der Waals surface area contributed by atoms with Crippen LogP contribution in [0.5, 0.6) is 0 Å². The molecule has 2 heterocycles. The Morgan fingerprint density at radius 1 is 1.47 bits per heavy atom. The lowest BCUT2D eigenvalue weighted by atomic mass is 9.91. The van der Waals surface area contributed by atoms with E-state index in [1.807, 2.05) is 25.1 Å². The molecule has 1 aliphatic carbocycles. The van der Waals surface area contributed by atoms with Crippen LogP contribution in [0.4, 0.5) is 0 Å². The molecule has 1 unspecified atom stereocenters.